The molecular weight excluding hydrogens is 352 g/mol. The third-order valence-electron chi connectivity index (χ3n) is 5.56. The van der Waals surface area contributed by atoms with E-state index in [2.05, 4.69) is 9.88 Å². The van der Waals surface area contributed by atoms with E-state index in [0.29, 0.717) is 13.0 Å². The highest BCUT2D eigenvalue weighted by molar-refractivity contribution is 5.94. The van der Waals surface area contributed by atoms with Crippen LogP contribution in [0.1, 0.15) is 34.3 Å². The molecule has 0 bridgehead atoms. The molecular formula is C22H26N4O2. The first-order valence-electron chi connectivity index (χ1n) is 9.96. The summed E-state index contributed by atoms with van der Waals surface area (Å²) in [4.78, 5) is 34.8. The van der Waals surface area contributed by atoms with E-state index in [-0.39, 0.29) is 11.8 Å². The summed E-state index contributed by atoms with van der Waals surface area (Å²) in [6.45, 7) is 5.62. The molecule has 0 atom stereocenters. The van der Waals surface area contributed by atoms with Gasteiger partial charge in [0.15, 0.2) is 0 Å². The number of carbonyl (C=O) groups excluding carboxylic acids is 2. The molecule has 0 spiro atoms. The number of aromatic nitrogens is 1. The molecule has 0 N–H and O–H groups in total. The maximum absolute atomic E-state index is 12.8. The van der Waals surface area contributed by atoms with Crippen LogP contribution in [-0.2, 0) is 17.9 Å². The highest BCUT2D eigenvalue weighted by Gasteiger charge is 2.23. The third-order valence-corrected chi connectivity index (χ3v) is 5.56. The number of nitrogens with zero attached hydrogens (tertiary/aromatic N) is 4. The predicted molar refractivity (Wildman–Crippen MR) is 107 cm³/mol. The van der Waals surface area contributed by atoms with E-state index >= 15 is 0 Å². The van der Waals surface area contributed by atoms with E-state index in [0.717, 1.165) is 56.8 Å². The van der Waals surface area contributed by atoms with Gasteiger partial charge in [0.05, 0.1) is 0 Å². The van der Waals surface area contributed by atoms with Crippen LogP contribution in [0.3, 0.4) is 0 Å². The first-order chi connectivity index (χ1) is 13.7. The van der Waals surface area contributed by atoms with Crippen LogP contribution in [0.4, 0.5) is 0 Å². The average Bonchev–Trinajstić information content (AvgIpc) is 3.14. The molecule has 3 heterocycles. The topological polar surface area (TPSA) is 56.8 Å². The van der Waals surface area contributed by atoms with Crippen molar-refractivity contribution >= 4 is 11.8 Å². The number of rotatable bonds is 5. The zero-order valence-corrected chi connectivity index (χ0v) is 16.1. The smallest absolute Gasteiger partial charge is 0.253 e. The molecule has 0 unspecified atom stereocenters. The Morgan fingerprint density at radius 3 is 2.18 bits per heavy atom. The van der Waals surface area contributed by atoms with Gasteiger partial charge < -0.3 is 9.80 Å². The van der Waals surface area contributed by atoms with Crippen LogP contribution >= 0.6 is 0 Å². The van der Waals surface area contributed by atoms with Gasteiger partial charge in [-0.15, -0.1) is 0 Å². The largest absolute Gasteiger partial charge is 0.338 e. The van der Waals surface area contributed by atoms with E-state index in [1.165, 1.54) is 5.56 Å². The molecule has 0 aliphatic carbocycles. The number of benzene rings is 1. The molecule has 1 aromatic carbocycles. The molecule has 28 heavy (non-hydrogen) atoms. The molecule has 2 saturated heterocycles. The molecule has 2 fully saturated rings. The molecule has 2 aliphatic rings. The lowest BCUT2D eigenvalue weighted by atomic mass is 10.1. The molecule has 0 saturated carbocycles. The Labute approximate surface area is 165 Å². The first kappa shape index (κ1) is 18.6. The van der Waals surface area contributed by atoms with Gasteiger partial charge in [0.25, 0.3) is 5.91 Å². The second kappa shape index (κ2) is 8.52. The van der Waals surface area contributed by atoms with Crippen LogP contribution in [0.2, 0.25) is 0 Å². The zero-order valence-electron chi connectivity index (χ0n) is 16.1. The van der Waals surface area contributed by atoms with Crippen molar-refractivity contribution in [3.05, 3.63) is 65.5 Å². The average molecular weight is 378 g/mol. The zero-order chi connectivity index (χ0) is 19.3. The van der Waals surface area contributed by atoms with Crippen molar-refractivity contribution in [1.29, 1.82) is 0 Å². The van der Waals surface area contributed by atoms with E-state index in [1.807, 2.05) is 58.6 Å². The summed E-state index contributed by atoms with van der Waals surface area (Å²) >= 11 is 0. The highest BCUT2D eigenvalue weighted by atomic mass is 16.2. The van der Waals surface area contributed by atoms with Gasteiger partial charge in [0, 0.05) is 70.2 Å². The van der Waals surface area contributed by atoms with Crippen molar-refractivity contribution < 1.29 is 9.59 Å². The van der Waals surface area contributed by atoms with Gasteiger partial charge in [-0.3, -0.25) is 19.5 Å². The van der Waals surface area contributed by atoms with Gasteiger partial charge in [-0.05, 0) is 41.8 Å². The molecule has 6 nitrogen and oxygen atoms in total. The van der Waals surface area contributed by atoms with Gasteiger partial charge >= 0.3 is 0 Å². The van der Waals surface area contributed by atoms with Gasteiger partial charge in [0.2, 0.25) is 5.91 Å². The van der Waals surface area contributed by atoms with Gasteiger partial charge in [0.1, 0.15) is 0 Å². The summed E-state index contributed by atoms with van der Waals surface area (Å²) in [5, 5.41) is 0. The Balaban J connectivity index is 1.29. The summed E-state index contributed by atoms with van der Waals surface area (Å²) in [6, 6.07) is 11.8. The fourth-order valence-corrected chi connectivity index (χ4v) is 3.88. The van der Waals surface area contributed by atoms with Crippen molar-refractivity contribution in [2.75, 3.05) is 32.7 Å². The maximum atomic E-state index is 12.8. The molecule has 2 amide bonds. The second-order valence-electron chi connectivity index (χ2n) is 7.54. The van der Waals surface area contributed by atoms with E-state index in [9.17, 15) is 9.59 Å². The molecule has 2 aromatic rings. The van der Waals surface area contributed by atoms with Gasteiger partial charge in [-0.25, -0.2) is 0 Å². The Morgan fingerprint density at radius 2 is 1.54 bits per heavy atom. The van der Waals surface area contributed by atoms with E-state index in [1.54, 1.807) is 0 Å². The summed E-state index contributed by atoms with van der Waals surface area (Å²) in [5.41, 5.74) is 3.05. The van der Waals surface area contributed by atoms with Crippen LogP contribution in [0, 0.1) is 0 Å². The lowest BCUT2D eigenvalue weighted by Gasteiger charge is -2.34. The minimum atomic E-state index is 0.0901. The van der Waals surface area contributed by atoms with Crippen molar-refractivity contribution in [3.8, 4) is 0 Å². The molecule has 6 heteroatoms. The number of likely N-dealkylation sites (tertiary alicyclic amines) is 1. The SMILES string of the molecule is O=C1CCCN1Cc1ccc(C(=O)N2CCN(Cc3ccncc3)CC2)cc1. The molecule has 146 valence electrons. The Bertz CT molecular complexity index is 814. The van der Waals surface area contributed by atoms with Crippen LogP contribution in [0.25, 0.3) is 0 Å². The van der Waals surface area contributed by atoms with Gasteiger partial charge in [-0.2, -0.15) is 0 Å². The molecule has 4 rings (SSSR count). The highest BCUT2D eigenvalue weighted by Crippen LogP contribution is 2.16. The molecule has 2 aliphatic heterocycles. The number of hydrogen-bond donors (Lipinski definition) is 0. The lowest BCUT2D eigenvalue weighted by Crippen LogP contribution is -2.48. The first-order valence-corrected chi connectivity index (χ1v) is 9.96. The number of carbonyl (C=O) groups is 2. The van der Waals surface area contributed by atoms with Crippen LogP contribution in [-0.4, -0.2) is 64.2 Å². The quantitative estimate of drug-likeness (QED) is 0.800. The minimum Gasteiger partial charge on any atom is -0.338 e. The van der Waals surface area contributed by atoms with Crippen molar-refractivity contribution in [2.24, 2.45) is 0 Å². The fourth-order valence-electron chi connectivity index (χ4n) is 3.88. The van der Waals surface area contributed by atoms with Crippen LogP contribution < -0.4 is 0 Å². The summed E-state index contributed by atoms with van der Waals surface area (Å²) < 4.78 is 0. The fraction of sp³-hybridized carbons (Fsp3) is 0.409. The Kier molecular flexibility index (Phi) is 5.67. The Morgan fingerprint density at radius 1 is 0.857 bits per heavy atom. The van der Waals surface area contributed by atoms with Gasteiger partial charge in [-0.1, -0.05) is 12.1 Å². The molecule has 0 radical (unpaired) electrons. The summed E-state index contributed by atoms with van der Waals surface area (Å²) in [7, 11) is 0. The number of pyridine rings is 1. The number of amides is 2. The van der Waals surface area contributed by atoms with E-state index < -0.39 is 0 Å². The predicted octanol–water partition coefficient (Wildman–Crippen LogP) is 2.16. The normalized spacial score (nSPS) is 17.9. The maximum Gasteiger partial charge on any atom is 0.253 e. The minimum absolute atomic E-state index is 0.0901. The number of hydrogen-bond acceptors (Lipinski definition) is 4. The van der Waals surface area contributed by atoms with Crippen molar-refractivity contribution in [3.63, 3.8) is 0 Å². The summed E-state index contributed by atoms with van der Waals surface area (Å²) in [6.07, 6.45) is 5.24. The van der Waals surface area contributed by atoms with Crippen LogP contribution in [0.5, 0.6) is 0 Å². The van der Waals surface area contributed by atoms with Crippen LogP contribution in [0.15, 0.2) is 48.8 Å². The lowest BCUT2D eigenvalue weighted by molar-refractivity contribution is -0.128. The van der Waals surface area contributed by atoms with Crippen molar-refractivity contribution in [1.82, 2.24) is 19.7 Å². The molecule has 1 aromatic heterocycles. The van der Waals surface area contributed by atoms with Crippen molar-refractivity contribution in [2.45, 2.75) is 25.9 Å². The third kappa shape index (κ3) is 4.39. The van der Waals surface area contributed by atoms with E-state index in [4.69, 9.17) is 0 Å². The standard InChI is InChI=1S/C22H26N4O2/c27-21-2-1-11-26(21)17-18-3-5-20(6-4-18)22(28)25-14-12-24(13-15-25)16-19-7-9-23-10-8-19/h3-10H,1-2,11-17H2. The second-order valence-corrected chi connectivity index (χ2v) is 7.54. The number of piperazine rings is 1. The monoisotopic (exact) mass is 378 g/mol. The summed E-state index contributed by atoms with van der Waals surface area (Å²) in [5.74, 6) is 0.317. The Hall–Kier alpha value is -2.73.